The first kappa shape index (κ1) is 28.5. The minimum Gasteiger partial charge on any atom is -0.340 e. The van der Waals surface area contributed by atoms with Crippen LogP contribution in [-0.2, 0) is 15.0 Å². The van der Waals surface area contributed by atoms with Crippen LogP contribution in [0.4, 0.5) is 0 Å². The fraction of sp³-hybridized carbons (Fsp3) is 0.412. The van der Waals surface area contributed by atoms with Crippen molar-refractivity contribution in [1.82, 2.24) is 15.1 Å². The molecule has 2 saturated heterocycles. The van der Waals surface area contributed by atoms with E-state index in [1.54, 1.807) is 28.0 Å². The molecule has 3 unspecified atom stereocenters. The Morgan fingerprint density at radius 1 is 0.927 bits per heavy atom. The normalized spacial score (nSPS) is 19.5. The highest BCUT2D eigenvalue weighted by Gasteiger charge is 2.52. The van der Waals surface area contributed by atoms with Crippen molar-refractivity contribution >= 4 is 34.3 Å². The van der Waals surface area contributed by atoms with Crippen molar-refractivity contribution in [3.05, 3.63) is 83.4 Å². The summed E-state index contributed by atoms with van der Waals surface area (Å²) in [5.74, 6) is -0.761. The first-order valence-corrected chi connectivity index (χ1v) is 14.5. The monoisotopic (exact) mass is 553 g/mol. The zero-order valence-corrected chi connectivity index (χ0v) is 24.5. The summed E-state index contributed by atoms with van der Waals surface area (Å²) in [7, 11) is 0. The number of ketones is 1. The van der Waals surface area contributed by atoms with Gasteiger partial charge in [0.1, 0.15) is 12.1 Å². The second-order valence-electron chi connectivity index (χ2n) is 12.7. The molecule has 0 bridgehead atoms. The summed E-state index contributed by atoms with van der Waals surface area (Å²) in [5, 5.41) is 4.76. The van der Waals surface area contributed by atoms with Gasteiger partial charge in [-0.2, -0.15) is 0 Å². The van der Waals surface area contributed by atoms with E-state index in [2.05, 4.69) is 26.1 Å². The number of carbonyl (C=O) groups is 4. The lowest BCUT2D eigenvalue weighted by Crippen LogP contribution is -2.53. The molecule has 5 rings (SSSR count). The smallest absolute Gasteiger partial charge is 0.255 e. The second kappa shape index (κ2) is 11.1. The molecule has 3 aromatic carbocycles. The van der Waals surface area contributed by atoms with Crippen LogP contribution in [0.2, 0.25) is 0 Å². The van der Waals surface area contributed by atoms with E-state index in [9.17, 15) is 19.2 Å². The van der Waals surface area contributed by atoms with E-state index in [0.717, 1.165) is 16.3 Å². The largest absolute Gasteiger partial charge is 0.340 e. The molecule has 3 atom stereocenters. The van der Waals surface area contributed by atoms with E-state index < -0.39 is 12.1 Å². The lowest BCUT2D eigenvalue weighted by Gasteiger charge is -2.29. The van der Waals surface area contributed by atoms with Crippen LogP contribution in [0.3, 0.4) is 0 Å². The highest BCUT2D eigenvalue weighted by atomic mass is 16.2. The average Bonchev–Trinajstić information content (AvgIpc) is 3.52. The molecule has 2 aliphatic rings. The van der Waals surface area contributed by atoms with Crippen LogP contribution >= 0.6 is 0 Å². The lowest BCUT2D eigenvalue weighted by atomic mass is 9.86. The van der Waals surface area contributed by atoms with Crippen molar-refractivity contribution in [3.8, 4) is 0 Å². The van der Waals surface area contributed by atoms with Crippen LogP contribution in [0.25, 0.3) is 10.8 Å². The van der Waals surface area contributed by atoms with Gasteiger partial charge in [-0.3, -0.25) is 19.2 Å². The van der Waals surface area contributed by atoms with E-state index in [4.69, 9.17) is 0 Å². The van der Waals surface area contributed by atoms with Gasteiger partial charge < -0.3 is 15.1 Å². The highest BCUT2D eigenvalue weighted by molar-refractivity contribution is 6.10. The Hall–Kier alpha value is -4.00. The Labute approximate surface area is 241 Å². The maximum Gasteiger partial charge on any atom is 0.255 e. The van der Waals surface area contributed by atoms with Crippen molar-refractivity contribution < 1.29 is 19.2 Å². The average molecular weight is 554 g/mol. The number of nitrogens with one attached hydrogen (secondary N) is 1. The number of hydrogen-bond acceptors (Lipinski definition) is 4. The summed E-state index contributed by atoms with van der Waals surface area (Å²) in [4.78, 5) is 57.4. The van der Waals surface area contributed by atoms with Gasteiger partial charge in [0.25, 0.3) is 11.8 Å². The molecule has 1 N–H and O–H groups in total. The van der Waals surface area contributed by atoms with Crippen LogP contribution in [0.5, 0.6) is 0 Å². The summed E-state index contributed by atoms with van der Waals surface area (Å²) >= 11 is 0. The third-order valence-corrected chi connectivity index (χ3v) is 8.31. The number of rotatable bonds is 6. The quantitative estimate of drug-likeness (QED) is 0.467. The molecule has 2 aliphatic heterocycles. The molecule has 3 amide bonds. The first-order valence-electron chi connectivity index (χ1n) is 14.5. The van der Waals surface area contributed by atoms with Crippen LogP contribution in [0.15, 0.2) is 66.7 Å². The van der Waals surface area contributed by atoms with Gasteiger partial charge in [-0.15, -0.1) is 0 Å². The highest BCUT2D eigenvalue weighted by Crippen LogP contribution is 2.33. The molecule has 0 spiro atoms. The molecule has 214 valence electrons. The molecule has 7 heteroatoms. The van der Waals surface area contributed by atoms with Gasteiger partial charge in [0, 0.05) is 17.7 Å². The number of fused-ring (bicyclic) bond motifs is 2. The maximum atomic E-state index is 13.9. The first-order chi connectivity index (χ1) is 19.5. The number of nitrogens with zero attached hydrogens (tertiary/aromatic N) is 2. The van der Waals surface area contributed by atoms with Gasteiger partial charge in [-0.1, -0.05) is 83.1 Å². The molecule has 3 aromatic rings. The SMILES string of the molecule is CC(C)CC(NC(=O)c1ccc(C(C)(C)C)cc1)C(=O)N1CCC2C1C(=O)CN2C(=O)c1cccc2ccccc12. The standard InChI is InChI=1S/C34H39N3O4/c1-21(2)19-27(35-31(39)23-13-15-24(16-14-23)34(3,4)5)33(41)36-18-17-28-30(36)29(38)20-37(28)32(40)26-12-8-10-22-9-6-7-11-25(22)26/h6-16,21,27-28,30H,17-20H2,1-5H3,(H,35,39). The Morgan fingerprint density at radius 3 is 2.29 bits per heavy atom. The third kappa shape index (κ3) is 5.63. The Morgan fingerprint density at radius 2 is 1.61 bits per heavy atom. The summed E-state index contributed by atoms with van der Waals surface area (Å²) in [5.41, 5.74) is 2.13. The Kier molecular flexibility index (Phi) is 7.73. The molecule has 0 aromatic heterocycles. The number of amides is 3. The summed E-state index contributed by atoms with van der Waals surface area (Å²) in [6.07, 6.45) is 0.973. The summed E-state index contributed by atoms with van der Waals surface area (Å²) < 4.78 is 0. The molecule has 2 fully saturated rings. The van der Waals surface area contributed by atoms with Crippen molar-refractivity contribution in [2.75, 3.05) is 13.1 Å². The fourth-order valence-electron chi connectivity index (χ4n) is 6.16. The third-order valence-electron chi connectivity index (χ3n) is 8.31. The predicted octanol–water partition coefficient (Wildman–Crippen LogP) is 4.98. The molecular formula is C34H39N3O4. The van der Waals surface area contributed by atoms with Gasteiger partial charge in [0.05, 0.1) is 12.6 Å². The fourth-order valence-corrected chi connectivity index (χ4v) is 6.16. The van der Waals surface area contributed by atoms with Crippen LogP contribution < -0.4 is 5.32 Å². The topological polar surface area (TPSA) is 86.8 Å². The number of hydrogen-bond donors (Lipinski definition) is 1. The number of likely N-dealkylation sites (tertiary alicyclic amines) is 2. The van der Waals surface area contributed by atoms with Crippen molar-refractivity contribution in [2.45, 2.75) is 71.0 Å². The Balaban J connectivity index is 1.34. The van der Waals surface area contributed by atoms with Gasteiger partial charge in [-0.05, 0) is 58.7 Å². The van der Waals surface area contributed by atoms with Gasteiger partial charge in [-0.25, -0.2) is 0 Å². The van der Waals surface area contributed by atoms with Crippen LogP contribution in [-0.4, -0.2) is 64.5 Å². The van der Waals surface area contributed by atoms with Crippen molar-refractivity contribution in [1.29, 1.82) is 0 Å². The number of carbonyl (C=O) groups excluding carboxylic acids is 4. The summed E-state index contributed by atoms with van der Waals surface area (Å²) in [6, 6.07) is 18.9. The van der Waals surface area contributed by atoms with E-state index in [1.165, 1.54) is 0 Å². The predicted molar refractivity (Wildman–Crippen MR) is 160 cm³/mol. The minimum absolute atomic E-state index is 0.0253. The van der Waals surface area contributed by atoms with Gasteiger partial charge in [0.15, 0.2) is 5.78 Å². The molecule has 41 heavy (non-hydrogen) atoms. The lowest BCUT2D eigenvalue weighted by molar-refractivity contribution is -0.138. The molecular weight excluding hydrogens is 514 g/mol. The zero-order chi connectivity index (χ0) is 29.5. The minimum atomic E-state index is -0.765. The van der Waals surface area contributed by atoms with Crippen molar-refractivity contribution in [3.63, 3.8) is 0 Å². The van der Waals surface area contributed by atoms with Crippen LogP contribution in [0, 0.1) is 5.92 Å². The van der Waals surface area contributed by atoms with E-state index in [1.807, 2.05) is 62.4 Å². The maximum absolute atomic E-state index is 13.9. The van der Waals surface area contributed by atoms with E-state index in [-0.39, 0.29) is 47.4 Å². The van der Waals surface area contributed by atoms with E-state index in [0.29, 0.717) is 30.5 Å². The van der Waals surface area contributed by atoms with Gasteiger partial charge >= 0.3 is 0 Å². The molecule has 0 saturated carbocycles. The van der Waals surface area contributed by atoms with Crippen molar-refractivity contribution in [2.24, 2.45) is 5.92 Å². The number of Topliss-reactive ketones (excluding diaryl/α,β-unsaturated/α-hetero) is 1. The zero-order valence-electron chi connectivity index (χ0n) is 24.5. The second-order valence-corrected chi connectivity index (χ2v) is 12.7. The Bertz CT molecular complexity index is 1480. The number of benzene rings is 3. The molecule has 2 heterocycles. The molecule has 0 aliphatic carbocycles. The molecule has 7 nitrogen and oxygen atoms in total. The summed E-state index contributed by atoms with van der Waals surface area (Å²) in [6.45, 7) is 10.7. The molecule has 0 radical (unpaired) electrons. The van der Waals surface area contributed by atoms with Gasteiger partial charge in [0.2, 0.25) is 5.91 Å². The van der Waals surface area contributed by atoms with E-state index >= 15 is 0 Å². The van der Waals surface area contributed by atoms with Crippen LogP contribution in [0.1, 0.15) is 73.7 Å².